The van der Waals surface area contributed by atoms with E-state index < -0.39 is 6.10 Å². The highest BCUT2D eigenvalue weighted by Gasteiger charge is 2.24. The van der Waals surface area contributed by atoms with Crippen molar-refractivity contribution in [1.29, 1.82) is 0 Å². The molecule has 1 amide bonds. The van der Waals surface area contributed by atoms with Gasteiger partial charge in [-0.3, -0.25) is 9.78 Å². The van der Waals surface area contributed by atoms with E-state index in [0.29, 0.717) is 42.1 Å². The lowest BCUT2D eigenvalue weighted by molar-refractivity contribution is -0.113. The number of anilines is 1. The van der Waals surface area contributed by atoms with Gasteiger partial charge in [0.1, 0.15) is 5.82 Å². The number of fused-ring (bicyclic) bond motifs is 2. The highest BCUT2D eigenvalue weighted by Crippen LogP contribution is 2.33. The van der Waals surface area contributed by atoms with E-state index in [1.807, 2.05) is 18.2 Å². The fourth-order valence-corrected chi connectivity index (χ4v) is 5.86. The highest BCUT2D eigenvalue weighted by atomic mass is 79.9. The number of amides is 1. The lowest BCUT2D eigenvalue weighted by Gasteiger charge is -2.33. The van der Waals surface area contributed by atoms with Crippen LogP contribution in [0.1, 0.15) is 30.2 Å². The van der Waals surface area contributed by atoms with Gasteiger partial charge in [0.05, 0.1) is 40.6 Å². The number of hydrogen-bond donors (Lipinski definition) is 3. The van der Waals surface area contributed by atoms with Crippen LogP contribution in [0.25, 0.3) is 11.0 Å². The van der Waals surface area contributed by atoms with E-state index >= 15 is 0 Å². The third-order valence-corrected chi connectivity index (χ3v) is 8.08. The monoisotopic (exact) mass is 558 g/mol. The van der Waals surface area contributed by atoms with Crippen molar-refractivity contribution in [2.45, 2.75) is 36.4 Å². The zero-order chi connectivity index (χ0) is 24.4. The molecule has 1 unspecified atom stereocenters. The van der Waals surface area contributed by atoms with Crippen LogP contribution in [0, 0.1) is 0 Å². The fourth-order valence-electron chi connectivity index (χ4n) is 4.46. The van der Waals surface area contributed by atoms with Crippen LogP contribution in [0.4, 0.5) is 5.82 Å². The number of aromatic nitrogens is 3. The Bertz CT molecular complexity index is 1240. The number of ether oxygens (including phenoxy) is 1. The van der Waals surface area contributed by atoms with Gasteiger partial charge in [0.25, 0.3) is 0 Å². The van der Waals surface area contributed by atoms with Gasteiger partial charge in [-0.15, -0.1) is 11.8 Å². The summed E-state index contributed by atoms with van der Waals surface area (Å²) in [5.74, 6) is 1.56. The molecule has 1 saturated heterocycles. The number of nitrogens with one attached hydrogen (secondary N) is 2. The van der Waals surface area contributed by atoms with E-state index in [1.54, 1.807) is 19.4 Å². The molecule has 5 heterocycles. The van der Waals surface area contributed by atoms with Crippen LogP contribution < -0.4 is 15.4 Å². The minimum absolute atomic E-state index is 0.0135. The minimum Gasteiger partial charge on any atom is -0.481 e. The van der Waals surface area contributed by atoms with Gasteiger partial charge in [-0.1, -0.05) is 0 Å². The second-order valence-electron chi connectivity index (χ2n) is 8.69. The summed E-state index contributed by atoms with van der Waals surface area (Å²) >= 11 is 5.13. The van der Waals surface area contributed by atoms with E-state index in [2.05, 4.69) is 46.4 Å². The van der Waals surface area contributed by atoms with Crippen molar-refractivity contribution in [2.75, 3.05) is 37.8 Å². The molecular formula is C24H27BrN6O3S. The summed E-state index contributed by atoms with van der Waals surface area (Å²) in [7, 11) is 1.58. The maximum Gasteiger partial charge on any atom is 0.235 e. The summed E-state index contributed by atoms with van der Waals surface area (Å²) in [6.07, 6.45) is 3.01. The van der Waals surface area contributed by atoms with Crippen molar-refractivity contribution < 1.29 is 14.6 Å². The number of piperidine rings is 1. The number of methoxy groups -OCH3 is 1. The average Bonchev–Trinajstić information content (AvgIpc) is 2.87. The molecule has 35 heavy (non-hydrogen) atoms. The number of rotatable bonds is 7. The van der Waals surface area contributed by atoms with Crippen molar-refractivity contribution in [1.82, 2.24) is 25.2 Å². The molecule has 0 radical (unpaired) electrons. The fraction of sp³-hybridized carbons (Fsp3) is 0.417. The van der Waals surface area contributed by atoms with Gasteiger partial charge in [0.15, 0.2) is 0 Å². The zero-order valence-corrected chi connectivity index (χ0v) is 21.7. The van der Waals surface area contributed by atoms with Crippen molar-refractivity contribution in [2.24, 2.45) is 0 Å². The summed E-state index contributed by atoms with van der Waals surface area (Å²) < 4.78 is 6.20. The van der Waals surface area contributed by atoms with E-state index in [4.69, 9.17) is 4.74 Å². The zero-order valence-electron chi connectivity index (χ0n) is 19.3. The van der Waals surface area contributed by atoms with Crippen LogP contribution in [-0.2, 0) is 11.3 Å². The first-order chi connectivity index (χ1) is 17.0. The van der Waals surface area contributed by atoms with E-state index in [0.717, 1.165) is 52.1 Å². The van der Waals surface area contributed by atoms with Gasteiger partial charge < -0.3 is 25.4 Å². The molecular weight excluding hydrogens is 532 g/mol. The largest absolute Gasteiger partial charge is 0.481 e. The number of aliphatic hydroxyl groups is 1. The summed E-state index contributed by atoms with van der Waals surface area (Å²) in [6.45, 7) is 2.94. The quantitative estimate of drug-likeness (QED) is 0.402. The molecule has 0 saturated carbocycles. The third-order valence-electron chi connectivity index (χ3n) is 6.36. The van der Waals surface area contributed by atoms with Crippen LogP contribution in [0.2, 0.25) is 0 Å². The Morgan fingerprint density at radius 1 is 1.31 bits per heavy atom. The maximum atomic E-state index is 11.7. The Morgan fingerprint density at radius 3 is 2.94 bits per heavy atom. The molecule has 0 aromatic carbocycles. The molecule has 2 aliphatic heterocycles. The van der Waals surface area contributed by atoms with Crippen LogP contribution in [0.5, 0.6) is 5.88 Å². The number of hydrogen-bond acceptors (Lipinski definition) is 9. The van der Waals surface area contributed by atoms with Crippen LogP contribution in [0.3, 0.4) is 0 Å². The molecule has 1 atom stereocenters. The number of likely N-dealkylation sites (tertiary alicyclic amines) is 1. The Hall–Kier alpha value is -2.31. The highest BCUT2D eigenvalue weighted by molar-refractivity contribution is 9.10. The van der Waals surface area contributed by atoms with Crippen molar-refractivity contribution in [3.8, 4) is 5.88 Å². The number of halogens is 1. The molecule has 0 bridgehead atoms. The predicted molar refractivity (Wildman–Crippen MR) is 139 cm³/mol. The number of pyridine rings is 3. The molecule has 2 aliphatic rings. The first-order valence-electron chi connectivity index (χ1n) is 11.6. The summed E-state index contributed by atoms with van der Waals surface area (Å²) in [4.78, 5) is 28.5. The van der Waals surface area contributed by atoms with Gasteiger partial charge in [-0.05, 0) is 60.1 Å². The number of β-amino-alcohol motifs (C(OH)–C–C–N with tert-alkyl or cyclic N) is 1. The molecule has 3 N–H and O–H groups in total. The minimum atomic E-state index is -0.659. The Labute approximate surface area is 216 Å². The molecule has 184 valence electrons. The molecule has 11 heteroatoms. The number of carbonyl (C=O) groups excluding carboxylic acids is 1. The number of carbonyl (C=O) groups is 1. The first-order valence-corrected chi connectivity index (χ1v) is 13.3. The van der Waals surface area contributed by atoms with Gasteiger partial charge in [-0.2, -0.15) is 0 Å². The average molecular weight is 559 g/mol. The lowest BCUT2D eigenvalue weighted by atomic mass is 10.0. The van der Waals surface area contributed by atoms with Crippen molar-refractivity contribution in [3.63, 3.8) is 0 Å². The van der Waals surface area contributed by atoms with Gasteiger partial charge in [-0.25, -0.2) is 9.97 Å². The van der Waals surface area contributed by atoms with Crippen molar-refractivity contribution in [3.05, 3.63) is 46.2 Å². The molecule has 0 spiro atoms. The maximum absolute atomic E-state index is 11.7. The molecule has 9 nitrogen and oxygen atoms in total. The van der Waals surface area contributed by atoms with Gasteiger partial charge in [0, 0.05) is 41.4 Å². The number of aliphatic hydroxyl groups excluding tert-OH is 1. The molecule has 5 rings (SSSR count). The van der Waals surface area contributed by atoms with Gasteiger partial charge in [0.2, 0.25) is 11.8 Å². The summed E-state index contributed by atoms with van der Waals surface area (Å²) in [5.41, 5.74) is 3.07. The normalized spacial score (nSPS) is 17.7. The molecule has 1 fully saturated rings. The van der Waals surface area contributed by atoms with E-state index in [-0.39, 0.29) is 5.91 Å². The second kappa shape index (κ2) is 10.8. The Morgan fingerprint density at radius 2 is 2.14 bits per heavy atom. The van der Waals surface area contributed by atoms with Gasteiger partial charge >= 0.3 is 0 Å². The van der Waals surface area contributed by atoms with Crippen molar-refractivity contribution >= 4 is 50.5 Å². The second-order valence-corrected chi connectivity index (χ2v) is 10.6. The lowest BCUT2D eigenvalue weighted by Crippen LogP contribution is -2.43. The number of thioether (sulfide) groups is 1. The van der Waals surface area contributed by atoms with Crippen LogP contribution in [-0.4, -0.2) is 69.4 Å². The summed E-state index contributed by atoms with van der Waals surface area (Å²) in [6, 6.07) is 7.86. The standard InChI is InChI=1S/C24H27BrN6O3S/c1-34-22-3-2-17-23(30-22)15(4-7-26-17)19(32)12-31-8-5-14(6-9-31)27-11-18-16(25)10-20-24(28-18)29-21(33)13-35-20/h2-4,7,10,14,19,27,32H,5-6,8-9,11-13H2,1H3,(H,28,29,33). The first kappa shape index (κ1) is 24.4. The Balaban J connectivity index is 1.16. The summed E-state index contributed by atoms with van der Waals surface area (Å²) in [5, 5.41) is 17.4. The van der Waals surface area contributed by atoms with E-state index in [9.17, 15) is 9.90 Å². The third kappa shape index (κ3) is 5.59. The topological polar surface area (TPSA) is 113 Å². The molecule has 3 aromatic rings. The predicted octanol–water partition coefficient (Wildman–Crippen LogP) is 3.13. The van der Waals surface area contributed by atoms with Crippen LogP contribution in [0.15, 0.2) is 39.8 Å². The molecule has 3 aromatic heterocycles. The Kier molecular flexibility index (Phi) is 7.49. The SMILES string of the molecule is COc1ccc2nccc(C(O)CN3CCC(NCc4nc5c(cc4Br)SCC(=O)N5)CC3)c2n1. The van der Waals surface area contributed by atoms with Crippen LogP contribution >= 0.6 is 27.7 Å². The van der Waals surface area contributed by atoms with E-state index in [1.165, 1.54) is 11.8 Å². The molecule has 0 aliphatic carbocycles. The smallest absolute Gasteiger partial charge is 0.235 e. The number of nitrogens with zero attached hydrogens (tertiary/aromatic N) is 4.